The van der Waals surface area contributed by atoms with Gasteiger partial charge < -0.3 is 5.32 Å². The number of benzene rings is 1. The largest absolute Gasteiger partial charge is 0.317 e. The second-order valence-corrected chi connectivity index (χ2v) is 6.37. The molecule has 0 saturated heterocycles. The summed E-state index contributed by atoms with van der Waals surface area (Å²) in [6.45, 7) is 4.17. The lowest BCUT2D eigenvalue weighted by atomic mass is 10.2. The van der Waals surface area contributed by atoms with E-state index in [9.17, 15) is 4.39 Å². The standard InChI is InChI=1S/C14H17BrFN3S/c1-2-8-17-9-4-7-12-18-19-14(20-12)13-10(15)5-3-6-11(13)16/h3,5-6,17H,2,4,7-9H2,1H3. The third-order valence-electron chi connectivity index (χ3n) is 2.81. The van der Waals surface area contributed by atoms with Crippen molar-refractivity contribution in [2.45, 2.75) is 26.2 Å². The zero-order valence-corrected chi connectivity index (χ0v) is 13.7. The highest BCUT2D eigenvalue weighted by molar-refractivity contribution is 9.10. The third kappa shape index (κ3) is 4.07. The van der Waals surface area contributed by atoms with E-state index in [4.69, 9.17) is 0 Å². The van der Waals surface area contributed by atoms with Gasteiger partial charge in [-0.2, -0.15) is 0 Å². The molecule has 0 amide bonds. The van der Waals surface area contributed by atoms with E-state index in [1.54, 1.807) is 6.07 Å². The number of hydrogen-bond acceptors (Lipinski definition) is 4. The van der Waals surface area contributed by atoms with Crippen LogP contribution in [0.1, 0.15) is 24.8 Å². The Labute approximate surface area is 130 Å². The second-order valence-electron chi connectivity index (χ2n) is 4.45. The molecule has 2 rings (SSSR count). The zero-order chi connectivity index (χ0) is 14.4. The lowest BCUT2D eigenvalue weighted by Gasteiger charge is -2.01. The summed E-state index contributed by atoms with van der Waals surface area (Å²) in [5, 5.41) is 13.2. The first-order valence-electron chi connectivity index (χ1n) is 6.70. The first-order valence-corrected chi connectivity index (χ1v) is 8.30. The van der Waals surface area contributed by atoms with Crippen LogP contribution in [-0.2, 0) is 6.42 Å². The quantitative estimate of drug-likeness (QED) is 0.759. The van der Waals surface area contributed by atoms with Gasteiger partial charge in [0.25, 0.3) is 0 Å². The van der Waals surface area contributed by atoms with Crippen LogP contribution in [0.3, 0.4) is 0 Å². The van der Waals surface area contributed by atoms with E-state index in [2.05, 4.69) is 38.4 Å². The Hall–Kier alpha value is -0.850. The van der Waals surface area contributed by atoms with E-state index in [-0.39, 0.29) is 5.82 Å². The van der Waals surface area contributed by atoms with E-state index in [1.165, 1.54) is 17.4 Å². The SMILES string of the molecule is CCCNCCCc1nnc(-c2c(F)cccc2Br)s1. The van der Waals surface area contributed by atoms with Crippen LogP contribution in [0.2, 0.25) is 0 Å². The van der Waals surface area contributed by atoms with Crippen molar-refractivity contribution >= 4 is 27.3 Å². The molecule has 6 heteroatoms. The minimum absolute atomic E-state index is 0.272. The van der Waals surface area contributed by atoms with E-state index in [1.807, 2.05) is 6.07 Å². The topological polar surface area (TPSA) is 37.8 Å². The molecular formula is C14H17BrFN3S. The van der Waals surface area contributed by atoms with Crippen LogP contribution in [-0.4, -0.2) is 23.3 Å². The molecule has 1 N–H and O–H groups in total. The minimum Gasteiger partial charge on any atom is -0.317 e. The van der Waals surface area contributed by atoms with E-state index in [0.29, 0.717) is 15.0 Å². The number of nitrogens with one attached hydrogen (secondary N) is 1. The molecule has 0 aliphatic rings. The van der Waals surface area contributed by atoms with Crippen molar-refractivity contribution in [2.75, 3.05) is 13.1 Å². The summed E-state index contributed by atoms with van der Waals surface area (Å²) in [7, 11) is 0. The monoisotopic (exact) mass is 357 g/mol. The zero-order valence-electron chi connectivity index (χ0n) is 11.3. The summed E-state index contributed by atoms with van der Waals surface area (Å²) in [5.74, 6) is -0.272. The third-order valence-corrected chi connectivity index (χ3v) is 4.48. The Morgan fingerprint density at radius 1 is 1.30 bits per heavy atom. The molecule has 0 aliphatic heterocycles. The number of halogens is 2. The van der Waals surface area contributed by atoms with Crippen LogP contribution in [0.15, 0.2) is 22.7 Å². The highest BCUT2D eigenvalue weighted by Crippen LogP contribution is 2.32. The number of aromatic nitrogens is 2. The van der Waals surface area contributed by atoms with Crippen molar-refractivity contribution in [3.8, 4) is 10.6 Å². The van der Waals surface area contributed by atoms with Crippen molar-refractivity contribution in [1.29, 1.82) is 0 Å². The molecule has 3 nitrogen and oxygen atoms in total. The lowest BCUT2D eigenvalue weighted by Crippen LogP contribution is -2.16. The highest BCUT2D eigenvalue weighted by atomic mass is 79.9. The summed E-state index contributed by atoms with van der Waals surface area (Å²) in [6, 6.07) is 4.92. The van der Waals surface area contributed by atoms with Gasteiger partial charge in [0.05, 0.1) is 5.56 Å². The van der Waals surface area contributed by atoms with Gasteiger partial charge in [-0.05, 0) is 54.0 Å². The molecule has 0 spiro atoms. The van der Waals surface area contributed by atoms with Gasteiger partial charge >= 0.3 is 0 Å². The van der Waals surface area contributed by atoms with Gasteiger partial charge in [-0.25, -0.2) is 4.39 Å². The van der Waals surface area contributed by atoms with Crippen molar-refractivity contribution in [3.63, 3.8) is 0 Å². The van der Waals surface area contributed by atoms with Crippen LogP contribution >= 0.6 is 27.3 Å². The molecule has 1 aromatic heterocycles. The molecule has 0 saturated carbocycles. The molecule has 0 fully saturated rings. The van der Waals surface area contributed by atoms with Crippen LogP contribution in [0, 0.1) is 5.82 Å². The van der Waals surface area contributed by atoms with Gasteiger partial charge in [-0.15, -0.1) is 10.2 Å². The molecular weight excluding hydrogens is 341 g/mol. The molecule has 0 aliphatic carbocycles. The number of aryl methyl sites for hydroxylation is 1. The molecule has 20 heavy (non-hydrogen) atoms. The molecule has 108 valence electrons. The molecule has 1 aromatic carbocycles. The average Bonchev–Trinajstić information content (AvgIpc) is 2.87. The normalized spacial score (nSPS) is 10.9. The van der Waals surface area contributed by atoms with Crippen LogP contribution in [0.5, 0.6) is 0 Å². The Morgan fingerprint density at radius 3 is 2.90 bits per heavy atom. The van der Waals surface area contributed by atoms with Crippen LogP contribution in [0.4, 0.5) is 4.39 Å². The summed E-state index contributed by atoms with van der Waals surface area (Å²) in [6.07, 6.45) is 3.04. The molecule has 0 radical (unpaired) electrons. The van der Waals surface area contributed by atoms with Gasteiger partial charge in [0, 0.05) is 10.9 Å². The molecule has 2 aromatic rings. The maximum Gasteiger partial charge on any atom is 0.151 e. The summed E-state index contributed by atoms with van der Waals surface area (Å²) in [4.78, 5) is 0. The Morgan fingerprint density at radius 2 is 2.15 bits per heavy atom. The van der Waals surface area contributed by atoms with Gasteiger partial charge in [-0.1, -0.05) is 24.3 Å². The van der Waals surface area contributed by atoms with Gasteiger partial charge in [0.2, 0.25) is 0 Å². The van der Waals surface area contributed by atoms with Crippen LogP contribution < -0.4 is 5.32 Å². The fourth-order valence-corrected chi connectivity index (χ4v) is 3.43. The fraction of sp³-hybridized carbons (Fsp3) is 0.429. The Kier molecular flexibility index (Phi) is 6.06. The summed E-state index contributed by atoms with van der Waals surface area (Å²) in [5.41, 5.74) is 0.500. The van der Waals surface area contributed by atoms with Crippen molar-refractivity contribution in [1.82, 2.24) is 15.5 Å². The van der Waals surface area contributed by atoms with Crippen molar-refractivity contribution < 1.29 is 4.39 Å². The predicted octanol–water partition coefficient (Wildman–Crippen LogP) is 4.04. The molecule has 0 bridgehead atoms. The minimum atomic E-state index is -0.272. The smallest absolute Gasteiger partial charge is 0.151 e. The number of rotatable bonds is 7. The lowest BCUT2D eigenvalue weighted by molar-refractivity contribution is 0.630. The van der Waals surface area contributed by atoms with Crippen molar-refractivity contribution in [3.05, 3.63) is 33.5 Å². The average molecular weight is 358 g/mol. The van der Waals surface area contributed by atoms with Gasteiger partial charge in [0.1, 0.15) is 10.8 Å². The highest BCUT2D eigenvalue weighted by Gasteiger charge is 2.14. The van der Waals surface area contributed by atoms with E-state index in [0.717, 1.165) is 37.4 Å². The van der Waals surface area contributed by atoms with Crippen molar-refractivity contribution in [2.24, 2.45) is 0 Å². The Bertz CT molecular complexity index is 539. The first-order chi connectivity index (χ1) is 9.72. The number of hydrogen-bond donors (Lipinski definition) is 1. The van der Waals surface area contributed by atoms with Gasteiger partial charge in [0.15, 0.2) is 5.01 Å². The first kappa shape index (κ1) is 15.5. The molecule has 1 heterocycles. The maximum atomic E-state index is 13.8. The molecule has 0 atom stereocenters. The summed E-state index contributed by atoms with van der Waals surface area (Å²) < 4.78 is 14.5. The summed E-state index contributed by atoms with van der Waals surface area (Å²) >= 11 is 4.82. The number of nitrogens with zero attached hydrogens (tertiary/aromatic N) is 2. The van der Waals surface area contributed by atoms with E-state index < -0.39 is 0 Å². The van der Waals surface area contributed by atoms with E-state index >= 15 is 0 Å². The predicted molar refractivity (Wildman–Crippen MR) is 84.5 cm³/mol. The van der Waals surface area contributed by atoms with Crippen LogP contribution in [0.25, 0.3) is 10.6 Å². The second kappa shape index (κ2) is 7.81. The molecule has 0 unspecified atom stereocenters. The maximum absolute atomic E-state index is 13.8. The fourth-order valence-electron chi connectivity index (χ4n) is 1.82. The van der Waals surface area contributed by atoms with Gasteiger partial charge in [-0.3, -0.25) is 0 Å². The Balaban J connectivity index is 1.98.